The fourth-order valence-electron chi connectivity index (χ4n) is 3.60. The summed E-state index contributed by atoms with van der Waals surface area (Å²) in [6, 6.07) is 12.3. The lowest BCUT2D eigenvalue weighted by Crippen LogP contribution is -2.33. The van der Waals surface area contributed by atoms with Crippen molar-refractivity contribution in [1.82, 2.24) is 4.90 Å². The van der Waals surface area contributed by atoms with Crippen LogP contribution in [0.25, 0.3) is 0 Å². The highest BCUT2D eigenvalue weighted by molar-refractivity contribution is 6.04. The summed E-state index contributed by atoms with van der Waals surface area (Å²) in [7, 11) is 0. The lowest BCUT2D eigenvalue weighted by Gasteiger charge is -2.30. The van der Waals surface area contributed by atoms with Gasteiger partial charge < -0.3 is 5.32 Å². The van der Waals surface area contributed by atoms with Crippen molar-refractivity contribution in [1.29, 1.82) is 0 Å². The number of hydrogen-bond acceptors (Lipinski definition) is 4. The first-order valence-electron chi connectivity index (χ1n) is 9.30. The van der Waals surface area contributed by atoms with Gasteiger partial charge in [0.1, 0.15) is 0 Å². The molecule has 3 rings (SSSR count). The van der Waals surface area contributed by atoms with Crippen molar-refractivity contribution in [2.24, 2.45) is 5.92 Å². The Balaban J connectivity index is 1.66. The van der Waals surface area contributed by atoms with Gasteiger partial charge in [0.15, 0.2) is 0 Å². The molecule has 1 N–H and O–H groups in total. The van der Waals surface area contributed by atoms with Crippen molar-refractivity contribution >= 4 is 17.3 Å². The average molecular weight is 367 g/mol. The number of carbonyl (C=O) groups is 1. The van der Waals surface area contributed by atoms with Gasteiger partial charge in [0.25, 0.3) is 11.6 Å². The smallest absolute Gasteiger partial charge is 0.274 e. The lowest BCUT2D eigenvalue weighted by molar-refractivity contribution is -0.385. The monoisotopic (exact) mass is 367 g/mol. The molecular weight excluding hydrogens is 342 g/mol. The van der Waals surface area contributed by atoms with Crippen LogP contribution in [0.15, 0.2) is 42.5 Å². The number of hydrogen-bond donors (Lipinski definition) is 1. The van der Waals surface area contributed by atoms with Gasteiger partial charge >= 0.3 is 0 Å². The van der Waals surface area contributed by atoms with E-state index in [0.29, 0.717) is 16.8 Å². The van der Waals surface area contributed by atoms with Gasteiger partial charge in [-0.15, -0.1) is 0 Å². The van der Waals surface area contributed by atoms with Crippen molar-refractivity contribution < 1.29 is 9.72 Å². The number of benzene rings is 2. The predicted molar refractivity (Wildman–Crippen MR) is 106 cm³/mol. The summed E-state index contributed by atoms with van der Waals surface area (Å²) in [6.45, 7) is 7.06. The van der Waals surface area contributed by atoms with Crippen LogP contribution in [0, 0.1) is 23.0 Å². The summed E-state index contributed by atoms with van der Waals surface area (Å²) in [5.41, 5.74) is 2.63. The Labute approximate surface area is 159 Å². The Morgan fingerprint density at radius 2 is 2.00 bits per heavy atom. The zero-order valence-corrected chi connectivity index (χ0v) is 15.8. The van der Waals surface area contributed by atoms with Crippen molar-refractivity contribution in [3.8, 4) is 0 Å². The molecule has 0 radical (unpaired) electrons. The highest BCUT2D eigenvalue weighted by Gasteiger charge is 2.17. The normalized spacial score (nSPS) is 17.5. The Hall–Kier alpha value is -2.73. The predicted octanol–water partition coefficient (Wildman–Crippen LogP) is 4.39. The van der Waals surface area contributed by atoms with Crippen molar-refractivity contribution in [3.63, 3.8) is 0 Å². The number of likely N-dealkylation sites (tertiary alicyclic amines) is 1. The van der Waals surface area contributed by atoms with Crippen LogP contribution < -0.4 is 5.32 Å². The number of nitrogens with one attached hydrogen (secondary N) is 1. The third kappa shape index (κ3) is 4.71. The van der Waals surface area contributed by atoms with Crippen LogP contribution in [0.4, 0.5) is 11.4 Å². The van der Waals surface area contributed by atoms with Gasteiger partial charge in [0, 0.05) is 24.7 Å². The fraction of sp³-hybridized carbons (Fsp3) is 0.381. The minimum Gasteiger partial charge on any atom is -0.321 e. The molecule has 0 bridgehead atoms. The Kier molecular flexibility index (Phi) is 5.86. The highest BCUT2D eigenvalue weighted by atomic mass is 16.6. The second-order valence-corrected chi connectivity index (χ2v) is 7.34. The molecule has 6 heteroatoms. The number of carbonyl (C=O) groups excluding carboxylic acids is 1. The van der Waals surface area contributed by atoms with E-state index in [9.17, 15) is 14.9 Å². The van der Waals surface area contributed by atoms with E-state index in [1.807, 2.05) is 24.3 Å². The summed E-state index contributed by atoms with van der Waals surface area (Å²) in [4.78, 5) is 25.6. The first-order valence-corrected chi connectivity index (χ1v) is 9.30. The molecule has 1 atom stereocenters. The van der Waals surface area contributed by atoms with Crippen molar-refractivity contribution in [2.45, 2.75) is 33.2 Å². The number of nitro benzene ring substituents is 1. The number of anilines is 1. The molecule has 0 unspecified atom stereocenters. The Bertz CT molecular complexity index is 833. The van der Waals surface area contributed by atoms with E-state index in [4.69, 9.17) is 0 Å². The maximum absolute atomic E-state index is 12.5. The SMILES string of the molecule is Cc1c(NC(=O)c2ccc(CN3CCC[C@H](C)C3)cc2)cccc1[N+](=O)[O-]. The van der Waals surface area contributed by atoms with E-state index in [2.05, 4.69) is 17.1 Å². The maximum atomic E-state index is 12.5. The molecule has 1 heterocycles. The molecule has 0 aliphatic carbocycles. The van der Waals surface area contributed by atoms with Crippen LogP contribution in [0.5, 0.6) is 0 Å². The second-order valence-electron chi connectivity index (χ2n) is 7.34. The summed E-state index contributed by atoms with van der Waals surface area (Å²) in [5, 5.41) is 13.8. The molecule has 1 fully saturated rings. The van der Waals surface area contributed by atoms with Crippen molar-refractivity contribution in [3.05, 3.63) is 69.3 Å². The number of rotatable bonds is 5. The van der Waals surface area contributed by atoms with Gasteiger partial charge in [0.2, 0.25) is 0 Å². The molecule has 0 spiro atoms. The highest BCUT2D eigenvalue weighted by Crippen LogP contribution is 2.25. The van der Waals surface area contributed by atoms with E-state index in [0.717, 1.165) is 25.6 Å². The van der Waals surface area contributed by atoms with Gasteiger partial charge in [-0.3, -0.25) is 19.8 Å². The number of piperidine rings is 1. The maximum Gasteiger partial charge on any atom is 0.274 e. The number of nitro groups is 1. The van der Waals surface area contributed by atoms with Crippen LogP contribution in [-0.2, 0) is 6.54 Å². The largest absolute Gasteiger partial charge is 0.321 e. The summed E-state index contributed by atoms with van der Waals surface area (Å²) >= 11 is 0. The minimum absolute atomic E-state index is 0.00101. The molecule has 0 aromatic heterocycles. The molecule has 1 saturated heterocycles. The summed E-state index contributed by atoms with van der Waals surface area (Å²) in [6.07, 6.45) is 2.54. The van der Waals surface area contributed by atoms with Gasteiger partial charge in [0.05, 0.1) is 16.2 Å². The number of nitrogens with zero attached hydrogens (tertiary/aromatic N) is 2. The second kappa shape index (κ2) is 8.31. The van der Waals surface area contributed by atoms with Crippen LogP contribution in [-0.4, -0.2) is 28.8 Å². The van der Waals surface area contributed by atoms with Crippen molar-refractivity contribution in [2.75, 3.05) is 18.4 Å². The zero-order valence-electron chi connectivity index (χ0n) is 15.8. The molecule has 1 aliphatic heterocycles. The van der Waals surface area contributed by atoms with E-state index in [1.165, 1.54) is 24.5 Å². The van der Waals surface area contributed by atoms with Gasteiger partial charge in [-0.05, 0) is 56.0 Å². The van der Waals surface area contributed by atoms with Crippen LogP contribution >= 0.6 is 0 Å². The molecule has 1 amide bonds. The molecule has 0 saturated carbocycles. The number of amides is 1. The molecule has 2 aromatic rings. The summed E-state index contributed by atoms with van der Waals surface area (Å²) < 4.78 is 0. The lowest BCUT2D eigenvalue weighted by atomic mass is 9.99. The third-order valence-corrected chi connectivity index (χ3v) is 5.11. The van der Waals surface area contributed by atoms with E-state index >= 15 is 0 Å². The molecular formula is C21H25N3O3. The Morgan fingerprint density at radius 3 is 2.67 bits per heavy atom. The topological polar surface area (TPSA) is 75.5 Å². The van der Waals surface area contributed by atoms with Crippen LogP contribution in [0.3, 0.4) is 0 Å². The zero-order chi connectivity index (χ0) is 19.4. The molecule has 1 aliphatic rings. The molecule has 142 valence electrons. The standard InChI is InChI=1S/C21H25N3O3/c1-15-5-4-12-23(13-15)14-17-8-10-18(11-9-17)21(25)22-19-6-3-7-20(16(19)2)24(26)27/h3,6-11,15H,4-5,12-14H2,1-2H3,(H,22,25)/t15-/m0/s1. The Morgan fingerprint density at radius 1 is 1.26 bits per heavy atom. The van der Waals surface area contributed by atoms with E-state index < -0.39 is 4.92 Å². The first kappa shape index (κ1) is 19.0. The minimum atomic E-state index is -0.443. The van der Waals surface area contributed by atoms with E-state index in [-0.39, 0.29) is 11.6 Å². The van der Waals surface area contributed by atoms with Gasteiger partial charge in [-0.2, -0.15) is 0 Å². The molecule has 27 heavy (non-hydrogen) atoms. The summed E-state index contributed by atoms with van der Waals surface area (Å²) in [5.74, 6) is 0.471. The third-order valence-electron chi connectivity index (χ3n) is 5.11. The van der Waals surface area contributed by atoms with Crippen LogP contribution in [0.2, 0.25) is 0 Å². The van der Waals surface area contributed by atoms with Crippen LogP contribution in [0.1, 0.15) is 41.3 Å². The quantitative estimate of drug-likeness (QED) is 0.628. The van der Waals surface area contributed by atoms with Gasteiger partial charge in [-0.1, -0.05) is 25.1 Å². The molecule has 6 nitrogen and oxygen atoms in total. The molecule has 2 aromatic carbocycles. The van der Waals surface area contributed by atoms with E-state index in [1.54, 1.807) is 19.1 Å². The fourth-order valence-corrected chi connectivity index (χ4v) is 3.60. The first-order chi connectivity index (χ1) is 12.9. The average Bonchev–Trinajstić information content (AvgIpc) is 2.64. The van der Waals surface area contributed by atoms with Gasteiger partial charge in [-0.25, -0.2) is 0 Å².